The summed E-state index contributed by atoms with van der Waals surface area (Å²) in [5, 5.41) is 0. The Hall–Kier alpha value is -1.64. The maximum Gasteiger partial charge on any atom is 0.498 e. The molecular formula is C16H21BFNO5. The fraction of sp³-hybridized carbons (Fsp3) is 0.562. The number of nitrogens with zero attached hydrogens (tertiary/aromatic N) is 1. The van der Waals surface area contributed by atoms with Crippen molar-refractivity contribution in [2.45, 2.75) is 45.8 Å². The summed E-state index contributed by atoms with van der Waals surface area (Å²) in [6.07, 6.45) is 0. The monoisotopic (exact) mass is 337 g/mol. The molecule has 8 heteroatoms. The van der Waals surface area contributed by atoms with Crippen molar-refractivity contribution in [3.8, 4) is 5.75 Å². The second-order valence-corrected chi connectivity index (χ2v) is 6.83. The molecule has 130 valence electrons. The number of oxazole rings is 1. The van der Waals surface area contributed by atoms with Gasteiger partial charge in [0.2, 0.25) is 0 Å². The number of hydrogen-bond acceptors (Lipinski definition) is 6. The third-order valence-electron chi connectivity index (χ3n) is 4.54. The zero-order chi connectivity index (χ0) is 17.7. The minimum atomic E-state index is -0.786. The summed E-state index contributed by atoms with van der Waals surface area (Å²) >= 11 is 0. The van der Waals surface area contributed by atoms with Gasteiger partial charge in [0, 0.05) is 19.5 Å². The molecule has 0 aliphatic carbocycles. The van der Waals surface area contributed by atoms with E-state index in [9.17, 15) is 4.39 Å². The first-order chi connectivity index (χ1) is 11.2. The van der Waals surface area contributed by atoms with Gasteiger partial charge >= 0.3 is 7.12 Å². The van der Waals surface area contributed by atoms with Crippen molar-refractivity contribution in [3.63, 3.8) is 0 Å². The molecule has 0 saturated carbocycles. The molecule has 1 aliphatic rings. The molecule has 0 N–H and O–H groups in total. The highest BCUT2D eigenvalue weighted by molar-refractivity contribution is 6.63. The number of aromatic nitrogens is 1. The van der Waals surface area contributed by atoms with Crippen LogP contribution < -0.4 is 10.2 Å². The Morgan fingerprint density at radius 1 is 1.21 bits per heavy atom. The van der Waals surface area contributed by atoms with E-state index in [2.05, 4.69) is 4.98 Å². The molecular weight excluding hydrogens is 316 g/mol. The van der Waals surface area contributed by atoms with Crippen molar-refractivity contribution in [2.75, 3.05) is 13.9 Å². The van der Waals surface area contributed by atoms with E-state index in [4.69, 9.17) is 23.2 Å². The molecule has 0 bridgehead atoms. The molecule has 1 fully saturated rings. The van der Waals surface area contributed by atoms with E-state index in [-0.39, 0.29) is 18.1 Å². The minimum absolute atomic E-state index is 0.00356. The van der Waals surface area contributed by atoms with Crippen LogP contribution in [0.25, 0.3) is 11.1 Å². The second-order valence-electron chi connectivity index (χ2n) is 6.83. The molecule has 0 radical (unpaired) electrons. The number of rotatable bonds is 4. The third kappa shape index (κ3) is 2.68. The standard InChI is InChI=1S/C16H21BFNO5/c1-9-19-13-11(22-9)7-10(14(12(13)18)21-8-20-6)17-23-15(2,3)16(4,5)24-17/h7H,8H2,1-6H3. The summed E-state index contributed by atoms with van der Waals surface area (Å²) in [6, 6.07) is 1.64. The maximum absolute atomic E-state index is 14.9. The number of methoxy groups -OCH3 is 1. The van der Waals surface area contributed by atoms with Crippen molar-refractivity contribution in [3.05, 3.63) is 17.8 Å². The zero-order valence-corrected chi connectivity index (χ0v) is 14.7. The summed E-state index contributed by atoms with van der Waals surface area (Å²) < 4.78 is 42.7. The highest BCUT2D eigenvalue weighted by atomic mass is 19.1. The van der Waals surface area contributed by atoms with E-state index in [0.717, 1.165) is 0 Å². The van der Waals surface area contributed by atoms with Crippen LogP contribution in [0.4, 0.5) is 4.39 Å². The molecule has 1 aromatic heterocycles. The Morgan fingerprint density at radius 2 is 1.83 bits per heavy atom. The van der Waals surface area contributed by atoms with Crippen molar-refractivity contribution in [1.29, 1.82) is 0 Å². The van der Waals surface area contributed by atoms with Gasteiger partial charge in [-0.15, -0.1) is 0 Å². The first kappa shape index (κ1) is 17.2. The van der Waals surface area contributed by atoms with Gasteiger partial charge in [0.15, 0.2) is 29.8 Å². The molecule has 1 aliphatic heterocycles. The number of halogens is 1. The molecule has 1 saturated heterocycles. The van der Waals surface area contributed by atoms with Crippen LogP contribution in [0.2, 0.25) is 0 Å². The summed E-state index contributed by atoms with van der Waals surface area (Å²) in [7, 11) is 0.677. The van der Waals surface area contributed by atoms with Crippen molar-refractivity contribution in [1.82, 2.24) is 4.98 Å². The van der Waals surface area contributed by atoms with Crippen LogP contribution in [-0.4, -0.2) is 37.2 Å². The van der Waals surface area contributed by atoms with Crippen molar-refractivity contribution < 1.29 is 27.6 Å². The van der Waals surface area contributed by atoms with E-state index >= 15 is 0 Å². The van der Waals surface area contributed by atoms with Crippen LogP contribution in [0.1, 0.15) is 33.6 Å². The average molecular weight is 337 g/mol. The van der Waals surface area contributed by atoms with Gasteiger partial charge in [-0.2, -0.15) is 0 Å². The summed E-state index contributed by atoms with van der Waals surface area (Å²) in [5.41, 5.74) is -0.275. The third-order valence-corrected chi connectivity index (χ3v) is 4.54. The fourth-order valence-corrected chi connectivity index (χ4v) is 2.55. The quantitative estimate of drug-likeness (QED) is 0.631. The zero-order valence-electron chi connectivity index (χ0n) is 14.7. The van der Waals surface area contributed by atoms with E-state index in [1.54, 1.807) is 13.0 Å². The predicted molar refractivity (Wildman–Crippen MR) is 86.9 cm³/mol. The van der Waals surface area contributed by atoms with Gasteiger partial charge < -0.3 is 23.2 Å². The Bertz CT molecular complexity index is 757. The number of hydrogen-bond donors (Lipinski definition) is 0. The first-order valence-corrected chi connectivity index (χ1v) is 7.73. The lowest BCUT2D eigenvalue weighted by Gasteiger charge is -2.32. The molecule has 0 atom stereocenters. The topological polar surface area (TPSA) is 63.0 Å². The molecule has 0 unspecified atom stereocenters. The molecule has 1 aromatic carbocycles. The van der Waals surface area contributed by atoms with Crippen LogP contribution in [0.5, 0.6) is 5.75 Å². The highest BCUT2D eigenvalue weighted by Crippen LogP contribution is 2.38. The number of aryl methyl sites for hydroxylation is 1. The van der Waals surface area contributed by atoms with Gasteiger partial charge in [-0.25, -0.2) is 9.37 Å². The smallest absolute Gasteiger partial charge is 0.465 e. The van der Waals surface area contributed by atoms with Gasteiger partial charge in [0.05, 0.1) is 11.2 Å². The summed E-state index contributed by atoms with van der Waals surface area (Å²) in [6.45, 7) is 9.26. The Labute approximate surface area is 140 Å². The summed E-state index contributed by atoms with van der Waals surface area (Å²) in [5.74, 6) is -0.255. The predicted octanol–water partition coefficient (Wildman–Crippen LogP) is 2.56. The van der Waals surface area contributed by atoms with Crippen LogP contribution in [0.3, 0.4) is 0 Å². The molecule has 2 heterocycles. The minimum Gasteiger partial charge on any atom is -0.465 e. The lowest BCUT2D eigenvalue weighted by molar-refractivity contribution is 0.00578. The fourth-order valence-electron chi connectivity index (χ4n) is 2.55. The number of benzene rings is 1. The molecule has 0 amide bonds. The Balaban J connectivity index is 2.12. The van der Waals surface area contributed by atoms with E-state index < -0.39 is 24.1 Å². The van der Waals surface area contributed by atoms with Gasteiger partial charge in [-0.3, -0.25) is 0 Å². The number of fused-ring (bicyclic) bond motifs is 1. The van der Waals surface area contributed by atoms with Gasteiger partial charge in [-0.1, -0.05) is 0 Å². The molecule has 6 nitrogen and oxygen atoms in total. The highest BCUT2D eigenvalue weighted by Gasteiger charge is 2.53. The lowest BCUT2D eigenvalue weighted by Crippen LogP contribution is -2.41. The number of ether oxygens (including phenoxy) is 2. The Morgan fingerprint density at radius 3 is 2.42 bits per heavy atom. The first-order valence-electron chi connectivity index (χ1n) is 7.73. The van der Waals surface area contributed by atoms with Crippen molar-refractivity contribution >= 4 is 23.7 Å². The lowest BCUT2D eigenvalue weighted by atomic mass is 9.78. The average Bonchev–Trinajstić information content (AvgIpc) is 2.94. The van der Waals surface area contributed by atoms with Crippen LogP contribution in [0.15, 0.2) is 10.5 Å². The van der Waals surface area contributed by atoms with Crippen LogP contribution in [-0.2, 0) is 14.0 Å². The SMILES string of the molecule is COCOc1c(B2OC(C)(C)C(C)(C)O2)cc2oc(C)nc2c1F. The molecule has 3 rings (SSSR count). The summed E-state index contributed by atoms with van der Waals surface area (Å²) in [4.78, 5) is 4.06. The van der Waals surface area contributed by atoms with Gasteiger partial charge in [0.25, 0.3) is 0 Å². The van der Waals surface area contributed by atoms with Gasteiger partial charge in [0.1, 0.15) is 5.52 Å². The van der Waals surface area contributed by atoms with Gasteiger partial charge in [-0.05, 0) is 33.8 Å². The normalized spacial score (nSPS) is 19.2. The molecule has 24 heavy (non-hydrogen) atoms. The molecule has 2 aromatic rings. The largest absolute Gasteiger partial charge is 0.498 e. The van der Waals surface area contributed by atoms with E-state index in [1.807, 2.05) is 27.7 Å². The van der Waals surface area contributed by atoms with Crippen LogP contribution >= 0.6 is 0 Å². The van der Waals surface area contributed by atoms with Crippen molar-refractivity contribution in [2.24, 2.45) is 0 Å². The van der Waals surface area contributed by atoms with E-state index in [0.29, 0.717) is 16.9 Å². The maximum atomic E-state index is 14.9. The second kappa shape index (κ2) is 5.72. The molecule has 0 spiro atoms. The Kier molecular flexibility index (Phi) is 4.10. The van der Waals surface area contributed by atoms with Crippen LogP contribution in [0, 0.1) is 12.7 Å². The van der Waals surface area contributed by atoms with E-state index in [1.165, 1.54) is 7.11 Å².